The number of ether oxygens (including phenoxy) is 1. The predicted molar refractivity (Wildman–Crippen MR) is 76.7 cm³/mol. The lowest BCUT2D eigenvalue weighted by Gasteiger charge is -2.18. The van der Waals surface area contributed by atoms with E-state index in [1.54, 1.807) is 26.0 Å². The van der Waals surface area contributed by atoms with Crippen molar-refractivity contribution >= 4 is 16.0 Å². The highest BCUT2D eigenvalue weighted by atomic mass is 32.2. The number of carbonyl (C=O) groups is 1. The van der Waals surface area contributed by atoms with Crippen LogP contribution in [0.25, 0.3) is 0 Å². The summed E-state index contributed by atoms with van der Waals surface area (Å²) >= 11 is 0. The molecule has 6 nitrogen and oxygen atoms in total. The van der Waals surface area contributed by atoms with Gasteiger partial charge in [-0.3, -0.25) is 4.79 Å². The molecule has 21 heavy (non-hydrogen) atoms. The number of aryl methyl sites for hydroxylation is 3. The van der Waals surface area contributed by atoms with Crippen LogP contribution in [0.3, 0.4) is 0 Å². The van der Waals surface area contributed by atoms with Gasteiger partial charge in [-0.25, -0.2) is 13.1 Å². The van der Waals surface area contributed by atoms with Crippen molar-refractivity contribution in [3.05, 3.63) is 28.8 Å². The number of sulfonamides is 1. The zero-order valence-corrected chi connectivity index (χ0v) is 13.0. The molecule has 0 aliphatic carbocycles. The molecule has 1 aromatic rings. The molecule has 1 aliphatic heterocycles. The van der Waals surface area contributed by atoms with Gasteiger partial charge in [0, 0.05) is 0 Å². The highest BCUT2D eigenvalue weighted by Crippen LogP contribution is 2.23. The first-order valence-corrected chi connectivity index (χ1v) is 8.11. The van der Waals surface area contributed by atoms with Crippen molar-refractivity contribution < 1.29 is 23.1 Å². The molecule has 2 rings (SSSR count). The van der Waals surface area contributed by atoms with Crippen LogP contribution in [0.15, 0.2) is 17.0 Å². The predicted octanol–water partition coefficient (Wildman–Crippen LogP) is 0.990. The monoisotopic (exact) mass is 313 g/mol. The number of carboxylic acids is 1. The molecule has 1 aromatic carbocycles. The second kappa shape index (κ2) is 5.75. The maximum Gasteiger partial charge on any atom is 0.310 e. The molecule has 0 aromatic heterocycles. The van der Waals surface area contributed by atoms with Crippen molar-refractivity contribution in [3.63, 3.8) is 0 Å². The molecule has 0 bridgehead atoms. The Morgan fingerprint density at radius 2 is 1.81 bits per heavy atom. The molecule has 116 valence electrons. The quantitative estimate of drug-likeness (QED) is 0.865. The maximum atomic E-state index is 12.5. The number of benzene rings is 1. The van der Waals surface area contributed by atoms with E-state index in [4.69, 9.17) is 9.84 Å². The molecule has 2 unspecified atom stereocenters. The minimum Gasteiger partial charge on any atom is -0.481 e. The molecule has 2 atom stereocenters. The lowest BCUT2D eigenvalue weighted by Crippen LogP contribution is -2.43. The first kappa shape index (κ1) is 15.9. The van der Waals surface area contributed by atoms with E-state index >= 15 is 0 Å². The lowest BCUT2D eigenvalue weighted by atomic mass is 10.1. The van der Waals surface area contributed by atoms with E-state index in [2.05, 4.69) is 4.72 Å². The molecule has 0 spiro atoms. The molecular formula is C14H19NO5S. The average molecular weight is 313 g/mol. The summed E-state index contributed by atoms with van der Waals surface area (Å²) in [5.74, 6) is -1.91. The summed E-state index contributed by atoms with van der Waals surface area (Å²) in [6.45, 7) is 5.45. The van der Waals surface area contributed by atoms with Crippen molar-refractivity contribution in [1.29, 1.82) is 0 Å². The van der Waals surface area contributed by atoms with Crippen molar-refractivity contribution in [2.24, 2.45) is 5.92 Å². The summed E-state index contributed by atoms with van der Waals surface area (Å²) in [5.41, 5.74) is 2.27. The van der Waals surface area contributed by atoms with E-state index < -0.39 is 28.0 Å². The molecule has 1 saturated heterocycles. The first-order chi connectivity index (χ1) is 9.72. The fourth-order valence-corrected chi connectivity index (χ4v) is 4.48. The van der Waals surface area contributed by atoms with Crippen molar-refractivity contribution in [1.82, 2.24) is 4.72 Å². The van der Waals surface area contributed by atoms with Gasteiger partial charge in [-0.2, -0.15) is 0 Å². The van der Waals surface area contributed by atoms with Gasteiger partial charge in [0.2, 0.25) is 10.0 Å². The van der Waals surface area contributed by atoms with Crippen molar-refractivity contribution in [3.8, 4) is 0 Å². The van der Waals surface area contributed by atoms with E-state index in [0.29, 0.717) is 11.1 Å². The Labute approximate surface area is 124 Å². The number of aliphatic carboxylic acids is 1. The second-order valence-electron chi connectivity index (χ2n) is 5.44. The molecule has 7 heteroatoms. The standard InChI is InChI=1S/C14H19NO5S/c1-8-4-9(2)13(10(3)5-8)21(18,19)15-12-7-20-6-11(12)14(16)17/h4-5,11-12,15H,6-7H2,1-3H3,(H,16,17). The zero-order chi connectivity index (χ0) is 15.8. The molecular weight excluding hydrogens is 294 g/mol. The van der Waals surface area contributed by atoms with Gasteiger partial charge in [-0.15, -0.1) is 0 Å². The molecule has 1 aliphatic rings. The largest absolute Gasteiger partial charge is 0.481 e. The Balaban J connectivity index is 2.33. The molecule has 2 N–H and O–H groups in total. The van der Waals surface area contributed by atoms with Crippen molar-refractivity contribution in [2.45, 2.75) is 31.7 Å². The fraction of sp³-hybridized carbons (Fsp3) is 0.500. The minimum absolute atomic E-state index is 0.0222. The summed E-state index contributed by atoms with van der Waals surface area (Å²) in [6.07, 6.45) is 0. The number of rotatable bonds is 4. The maximum absolute atomic E-state index is 12.5. The summed E-state index contributed by atoms with van der Waals surface area (Å²) in [5, 5.41) is 9.08. The molecule has 1 fully saturated rings. The molecule has 0 radical (unpaired) electrons. The normalized spacial score (nSPS) is 22.4. The first-order valence-electron chi connectivity index (χ1n) is 6.63. The van der Waals surface area contributed by atoms with E-state index in [0.717, 1.165) is 5.56 Å². The second-order valence-corrected chi connectivity index (χ2v) is 7.09. The van der Waals surface area contributed by atoms with Gasteiger partial charge in [0.25, 0.3) is 0 Å². The summed E-state index contributed by atoms with van der Waals surface area (Å²) in [4.78, 5) is 11.3. The fourth-order valence-electron chi connectivity index (χ4n) is 2.76. The summed E-state index contributed by atoms with van der Waals surface area (Å²) < 4.78 is 32.7. The van der Waals surface area contributed by atoms with Gasteiger partial charge in [0.05, 0.1) is 30.1 Å². The van der Waals surface area contributed by atoms with E-state index in [1.165, 1.54) is 0 Å². The third-order valence-corrected chi connectivity index (χ3v) is 5.37. The molecule has 0 amide bonds. The third kappa shape index (κ3) is 3.25. The number of carboxylic acid groups (broad SMARTS) is 1. The Bertz CT molecular complexity index is 645. The number of nitrogens with one attached hydrogen (secondary N) is 1. The SMILES string of the molecule is Cc1cc(C)c(S(=O)(=O)NC2COCC2C(=O)O)c(C)c1. The topological polar surface area (TPSA) is 92.7 Å². The van der Waals surface area contributed by atoms with Gasteiger partial charge >= 0.3 is 5.97 Å². The van der Waals surface area contributed by atoms with Crippen LogP contribution in [-0.2, 0) is 19.6 Å². The van der Waals surface area contributed by atoms with Gasteiger partial charge in [0.1, 0.15) is 0 Å². The van der Waals surface area contributed by atoms with E-state index in [-0.39, 0.29) is 18.1 Å². The number of hydrogen-bond donors (Lipinski definition) is 2. The Morgan fingerprint density at radius 1 is 1.24 bits per heavy atom. The van der Waals surface area contributed by atoms with Crippen LogP contribution in [0.1, 0.15) is 16.7 Å². The third-order valence-electron chi connectivity index (χ3n) is 3.58. The highest BCUT2D eigenvalue weighted by Gasteiger charge is 2.37. The van der Waals surface area contributed by atoms with Crippen LogP contribution in [0.2, 0.25) is 0 Å². The Hall–Kier alpha value is -1.44. The Morgan fingerprint density at radius 3 is 2.33 bits per heavy atom. The van der Waals surface area contributed by atoms with Crippen LogP contribution in [0.4, 0.5) is 0 Å². The van der Waals surface area contributed by atoms with Crippen molar-refractivity contribution in [2.75, 3.05) is 13.2 Å². The smallest absolute Gasteiger partial charge is 0.310 e. The average Bonchev–Trinajstić information content (AvgIpc) is 2.73. The van der Waals surface area contributed by atoms with Gasteiger partial charge in [-0.05, 0) is 31.9 Å². The van der Waals surface area contributed by atoms with Crippen LogP contribution in [-0.4, -0.2) is 38.7 Å². The lowest BCUT2D eigenvalue weighted by molar-refractivity contribution is -0.142. The van der Waals surface area contributed by atoms with Gasteiger partial charge < -0.3 is 9.84 Å². The van der Waals surface area contributed by atoms with Crippen LogP contribution < -0.4 is 4.72 Å². The number of hydrogen-bond acceptors (Lipinski definition) is 4. The van der Waals surface area contributed by atoms with Crippen LogP contribution in [0, 0.1) is 26.7 Å². The van der Waals surface area contributed by atoms with E-state index in [1.807, 2.05) is 6.92 Å². The zero-order valence-electron chi connectivity index (χ0n) is 12.2. The van der Waals surface area contributed by atoms with Gasteiger partial charge in [-0.1, -0.05) is 17.7 Å². The van der Waals surface area contributed by atoms with E-state index in [9.17, 15) is 13.2 Å². The van der Waals surface area contributed by atoms with Crippen LogP contribution >= 0.6 is 0 Å². The summed E-state index contributed by atoms with van der Waals surface area (Å²) in [6, 6.07) is 2.84. The summed E-state index contributed by atoms with van der Waals surface area (Å²) in [7, 11) is -3.78. The minimum atomic E-state index is -3.78. The molecule has 0 saturated carbocycles. The highest BCUT2D eigenvalue weighted by molar-refractivity contribution is 7.89. The van der Waals surface area contributed by atoms with Gasteiger partial charge in [0.15, 0.2) is 0 Å². The van der Waals surface area contributed by atoms with Crippen LogP contribution in [0.5, 0.6) is 0 Å². The Kier molecular flexibility index (Phi) is 4.36. The molecule has 1 heterocycles.